The van der Waals surface area contributed by atoms with E-state index in [1.807, 2.05) is 6.92 Å². The number of hydrogen-bond donors (Lipinski definition) is 2. The van der Waals surface area contributed by atoms with Crippen LogP contribution < -0.4 is 11.1 Å². The van der Waals surface area contributed by atoms with Gasteiger partial charge in [0.05, 0.1) is 5.92 Å². The van der Waals surface area contributed by atoms with Crippen molar-refractivity contribution in [1.82, 2.24) is 5.32 Å². The van der Waals surface area contributed by atoms with Crippen LogP contribution >= 0.6 is 0 Å². The second kappa shape index (κ2) is 7.07. The van der Waals surface area contributed by atoms with Crippen LogP contribution in [0, 0.1) is 5.92 Å². The summed E-state index contributed by atoms with van der Waals surface area (Å²) in [6, 6.07) is 8.39. The maximum absolute atomic E-state index is 11.7. The molecule has 3 N–H and O–H groups in total. The summed E-state index contributed by atoms with van der Waals surface area (Å²) in [5.74, 6) is -0.0722. The van der Waals surface area contributed by atoms with E-state index in [4.69, 9.17) is 5.73 Å². The molecule has 0 aromatic heterocycles. The highest BCUT2D eigenvalue weighted by atomic mass is 16.1. The van der Waals surface area contributed by atoms with Crippen LogP contribution in [0.5, 0.6) is 0 Å². The molecule has 0 aliphatic rings. The Bertz CT molecular complexity index is 346. The lowest BCUT2D eigenvalue weighted by molar-refractivity contribution is -0.124. The molecule has 1 rings (SSSR count). The largest absolute Gasteiger partial charge is 0.356 e. The summed E-state index contributed by atoms with van der Waals surface area (Å²) in [5.41, 5.74) is 8.13. The number of nitrogens with one attached hydrogen (secondary N) is 1. The molecule has 0 saturated heterocycles. The molecular formula is C14H22N2O. The number of carbonyl (C=O) groups excluding carboxylic acids is 1. The van der Waals surface area contributed by atoms with Crippen LogP contribution in [-0.2, 0) is 17.6 Å². The second-order valence-electron chi connectivity index (χ2n) is 4.20. The summed E-state index contributed by atoms with van der Waals surface area (Å²) in [5, 5.41) is 2.82. The van der Waals surface area contributed by atoms with Crippen molar-refractivity contribution in [3.8, 4) is 0 Å². The van der Waals surface area contributed by atoms with Crippen LogP contribution in [-0.4, -0.2) is 19.0 Å². The highest BCUT2D eigenvalue weighted by Crippen LogP contribution is 2.10. The Morgan fingerprint density at radius 2 is 1.82 bits per heavy atom. The molecule has 1 unspecified atom stereocenters. The van der Waals surface area contributed by atoms with Gasteiger partial charge in [0.15, 0.2) is 0 Å². The lowest BCUT2D eigenvalue weighted by atomic mass is 9.97. The summed E-state index contributed by atoms with van der Waals surface area (Å²) in [7, 11) is 0. The van der Waals surface area contributed by atoms with Gasteiger partial charge in [-0.1, -0.05) is 31.2 Å². The van der Waals surface area contributed by atoms with Crippen molar-refractivity contribution in [2.45, 2.75) is 26.7 Å². The number of carbonyl (C=O) groups is 1. The molecule has 0 aliphatic heterocycles. The molecule has 3 nitrogen and oxygen atoms in total. The first-order valence-electron chi connectivity index (χ1n) is 6.26. The van der Waals surface area contributed by atoms with Crippen molar-refractivity contribution in [1.29, 1.82) is 0 Å². The van der Waals surface area contributed by atoms with Crippen molar-refractivity contribution in [2.75, 3.05) is 13.1 Å². The first-order chi connectivity index (χ1) is 8.21. The van der Waals surface area contributed by atoms with Crippen LogP contribution in [0.4, 0.5) is 0 Å². The maximum Gasteiger partial charge on any atom is 0.224 e. The van der Waals surface area contributed by atoms with Crippen LogP contribution in [0.1, 0.15) is 25.0 Å². The number of aryl methyl sites for hydroxylation is 1. The molecule has 1 aromatic carbocycles. The van der Waals surface area contributed by atoms with Gasteiger partial charge in [-0.15, -0.1) is 0 Å². The number of benzene rings is 1. The Balaban J connectivity index is 2.63. The number of nitrogens with two attached hydrogens (primary N) is 1. The Kier molecular flexibility index (Phi) is 5.70. The van der Waals surface area contributed by atoms with Gasteiger partial charge in [-0.25, -0.2) is 0 Å². The molecule has 0 saturated carbocycles. The zero-order valence-electron chi connectivity index (χ0n) is 10.7. The highest BCUT2D eigenvalue weighted by molar-refractivity contribution is 5.79. The van der Waals surface area contributed by atoms with E-state index < -0.39 is 0 Å². The van der Waals surface area contributed by atoms with Crippen molar-refractivity contribution < 1.29 is 4.79 Å². The molecule has 0 heterocycles. The van der Waals surface area contributed by atoms with Gasteiger partial charge in [0.1, 0.15) is 0 Å². The summed E-state index contributed by atoms with van der Waals surface area (Å²) >= 11 is 0. The quantitative estimate of drug-likeness (QED) is 0.783. The smallest absolute Gasteiger partial charge is 0.224 e. The third-order valence-corrected chi connectivity index (χ3v) is 2.92. The molecule has 0 fully saturated rings. The zero-order valence-corrected chi connectivity index (χ0v) is 10.7. The number of rotatable bonds is 6. The lowest BCUT2D eigenvalue weighted by Crippen LogP contribution is -2.36. The first kappa shape index (κ1) is 13.7. The molecular weight excluding hydrogens is 212 g/mol. The van der Waals surface area contributed by atoms with Gasteiger partial charge in [0.25, 0.3) is 0 Å². The van der Waals surface area contributed by atoms with E-state index in [9.17, 15) is 4.79 Å². The predicted molar refractivity (Wildman–Crippen MR) is 70.8 cm³/mol. The predicted octanol–water partition coefficient (Wildman–Crippen LogP) is 1.50. The maximum atomic E-state index is 11.7. The molecule has 17 heavy (non-hydrogen) atoms. The zero-order chi connectivity index (χ0) is 12.7. The molecule has 0 aliphatic carbocycles. The van der Waals surface area contributed by atoms with Gasteiger partial charge in [-0.2, -0.15) is 0 Å². The fraction of sp³-hybridized carbons (Fsp3) is 0.500. The highest BCUT2D eigenvalue weighted by Gasteiger charge is 2.16. The number of hydrogen-bond acceptors (Lipinski definition) is 2. The van der Waals surface area contributed by atoms with E-state index >= 15 is 0 Å². The standard InChI is InChI=1S/C14H22N2O/c1-3-11-5-7-12(8-6-11)9-13(10-15)14(17)16-4-2/h5-8,13H,3-4,9-10,15H2,1-2H3,(H,16,17). The average molecular weight is 234 g/mol. The van der Waals surface area contributed by atoms with E-state index in [2.05, 4.69) is 36.5 Å². The molecule has 0 spiro atoms. The van der Waals surface area contributed by atoms with Crippen molar-refractivity contribution in [3.05, 3.63) is 35.4 Å². The Hall–Kier alpha value is -1.35. The minimum absolute atomic E-state index is 0.0505. The summed E-state index contributed by atoms with van der Waals surface area (Å²) in [4.78, 5) is 11.7. The number of amides is 1. The Morgan fingerprint density at radius 1 is 1.24 bits per heavy atom. The minimum Gasteiger partial charge on any atom is -0.356 e. The monoisotopic (exact) mass is 234 g/mol. The van der Waals surface area contributed by atoms with E-state index in [-0.39, 0.29) is 11.8 Å². The molecule has 1 amide bonds. The van der Waals surface area contributed by atoms with Crippen molar-refractivity contribution >= 4 is 5.91 Å². The van der Waals surface area contributed by atoms with Crippen molar-refractivity contribution in [3.63, 3.8) is 0 Å². The van der Waals surface area contributed by atoms with Crippen LogP contribution in [0.3, 0.4) is 0 Å². The average Bonchev–Trinajstić information content (AvgIpc) is 2.37. The molecule has 1 atom stereocenters. The van der Waals surface area contributed by atoms with E-state index in [1.165, 1.54) is 11.1 Å². The summed E-state index contributed by atoms with van der Waals surface area (Å²) in [6.45, 7) is 5.10. The molecule has 1 aromatic rings. The van der Waals surface area contributed by atoms with Gasteiger partial charge in [-0.3, -0.25) is 4.79 Å². The topological polar surface area (TPSA) is 55.1 Å². The fourth-order valence-corrected chi connectivity index (χ4v) is 1.80. The normalized spacial score (nSPS) is 12.2. The van der Waals surface area contributed by atoms with Gasteiger partial charge < -0.3 is 11.1 Å². The third kappa shape index (κ3) is 4.19. The summed E-state index contributed by atoms with van der Waals surface area (Å²) < 4.78 is 0. The van der Waals surface area contributed by atoms with Gasteiger partial charge in [-0.05, 0) is 30.9 Å². The Morgan fingerprint density at radius 3 is 2.29 bits per heavy atom. The third-order valence-electron chi connectivity index (χ3n) is 2.92. The molecule has 0 radical (unpaired) electrons. The lowest BCUT2D eigenvalue weighted by Gasteiger charge is -2.14. The Labute approximate surface area is 103 Å². The second-order valence-corrected chi connectivity index (χ2v) is 4.20. The molecule has 3 heteroatoms. The fourth-order valence-electron chi connectivity index (χ4n) is 1.80. The van der Waals surface area contributed by atoms with Gasteiger partial charge in [0.2, 0.25) is 5.91 Å². The minimum atomic E-state index is -0.123. The van der Waals surface area contributed by atoms with E-state index in [0.717, 1.165) is 6.42 Å². The van der Waals surface area contributed by atoms with Crippen LogP contribution in [0.25, 0.3) is 0 Å². The van der Waals surface area contributed by atoms with E-state index in [0.29, 0.717) is 19.5 Å². The van der Waals surface area contributed by atoms with Gasteiger partial charge in [0, 0.05) is 13.1 Å². The SMILES string of the molecule is CCNC(=O)C(CN)Cc1ccc(CC)cc1. The van der Waals surface area contributed by atoms with Gasteiger partial charge >= 0.3 is 0 Å². The van der Waals surface area contributed by atoms with Crippen LogP contribution in [0.15, 0.2) is 24.3 Å². The molecule has 0 bridgehead atoms. The first-order valence-corrected chi connectivity index (χ1v) is 6.26. The van der Waals surface area contributed by atoms with E-state index in [1.54, 1.807) is 0 Å². The molecule has 94 valence electrons. The summed E-state index contributed by atoms with van der Waals surface area (Å²) in [6.07, 6.45) is 1.75. The van der Waals surface area contributed by atoms with Crippen molar-refractivity contribution in [2.24, 2.45) is 11.7 Å². The van der Waals surface area contributed by atoms with Crippen LogP contribution in [0.2, 0.25) is 0 Å².